The lowest BCUT2D eigenvalue weighted by Crippen LogP contribution is -2.35. The monoisotopic (exact) mass is 230 g/mol. The average Bonchev–Trinajstić information content (AvgIpc) is 2.69. The van der Waals surface area contributed by atoms with Gasteiger partial charge in [-0.3, -0.25) is 4.79 Å². The standard InChI is InChI=1S/C11H22N2O3/c1-9-7-12-8-10(9)11(15)13-3-2-5-16-6-4-14/h9-10,12,14H,2-8H2,1H3,(H,13,15). The fraction of sp³-hybridized carbons (Fsp3) is 0.909. The van der Waals surface area contributed by atoms with Gasteiger partial charge >= 0.3 is 0 Å². The zero-order chi connectivity index (χ0) is 11.8. The predicted octanol–water partition coefficient (Wildman–Crippen LogP) is -0.643. The quantitative estimate of drug-likeness (QED) is 0.509. The summed E-state index contributed by atoms with van der Waals surface area (Å²) in [7, 11) is 0. The van der Waals surface area contributed by atoms with E-state index in [1.54, 1.807) is 0 Å². The third-order valence-corrected chi connectivity index (χ3v) is 2.85. The van der Waals surface area contributed by atoms with Gasteiger partial charge in [0.05, 0.1) is 19.1 Å². The van der Waals surface area contributed by atoms with E-state index >= 15 is 0 Å². The van der Waals surface area contributed by atoms with Crippen molar-refractivity contribution >= 4 is 5.91 Å². The molecule has 1 aliphatic heterocycles. The second-order valence-corrected chi connectivity index (χ2v) is 4.22. The van der Waals surface area contributed by atoms with E-state index in [4.69, 9.17) is 9.84 Å². The molecule has 5 heteroatoms. The average molecular weight is 230 g/mol. The first kappa shape index (κ1) is 13.4. The van der Waals surface area contributed by atoms with Crippen molar-refractivity contribution in [1.29, 1.82) is 0 Å². The van der Waals surface area contributed by atoms with Crippen LogP contribution in [0.3, 0.4) is 0 Å². The smallest absolute Gasteiger partial charge is 0.224 e. The van der Waals surface area contributed by atoms with Gasteiger partial charge in [0, 0.05) is 19.7 Å². The minimum atomic E-state index is 0.0532. The van der Waals surface area contributed by atoms with Gasteiger partial charge in [-0.25, -0.2) is 0 Å². The Morgan fingerprint density at radius 3 is 2.94 bits per heavy atom. The Morgan fingerprint density at radius 1 is 1.50 bits per heavy atom. The fourth-order valence-electron chi connectivity index (χ4n) is 1.84. The van der Waals surface area contributed by atoms with E-state index in [-0.39, 0.29) is 18.4 Å². The Bertz CT molecular complexity index is 211. The molecule has 94 valence electrons. The minimum Gasteiger partial charge on any atom is -0.394 e. The number of aliphatic hydroxyl groups excluding tert-OH is 1. The number of amides is 1. The van der Waals surface area contributed by atoms with E-state index in [0.717, 1.165) is 19.5 Å². The van der Waals surface area contributed by atoms with Gasteiger partial charge in [0.1, 0.15) is 0 Å². The Kier molecular flexibility index (Phi) is 6.37. The van der Waals surface area contributed by atoms with Crippen LogP contribution in [0.15, 0.2) is 0 Å². The van der Waals surface area contributed by atoms with Crippen LogP contribution in [0.5, 0.6) is 0 Å². The molecule has 0 aliphatic carbocycles. The lowest BCUT2D eigenvalue weighted by molar-refractivity contribution is -0.125. The molecule has 0 aromatic carbocycles. The third-order valence-electron chi connectivity index (χ3n) is 2.85. The molecule has 0 spiro atoms. The van der Waals surface area contributed by atoms with Crippen molar-refractivity contribution in [3.05, 3.63) is 0 Å². The number of carbonyl (C=O) groups excluding carboxylic acids is 1. The number of hydrogen-bond donors (Lipinski definition) is 3. The molecule has 1 amide bonds. The Labute approximate surface area is 96.6 Å². The lowest BCUT2D eigenvalue weighted by Gasteiger charge is -2.14. The second kappa shape index (κ2) is 7.60. The summed E-state index contributed by atoms with van der Waals surface area (Å²) in [6.07, 6.45) is 0.792. The van der Waals surface area contributed by atoms with Gasteiger partial charge in [0.15, 0.2) is 0 Å². The molecule has 0 bridgehead atoms. The Hall–Kier alpha value is -0.650. The predicted molar refractivity (Wildman–Crippen MR) is 61.1 cm³/mol. The highest BCUT2D eigenvalue weighted by Gasteiger charge is 2.28. The summed E-state index contributed by atoms with van der Waals surface area (Å²) in [6, 6.07) is 0. The first-order valence-electron chi connectivity index (χ1n) is 5.92. The van der Waals surface area contributed by atoms with Gasteiger partial charge in [-0.05, 0) is 18.9 Å². The third kappa shape index (κ3) is 4.47. The maximum Gasteiger partial charge on any atom is 0.224 e. The maximum absolute atomic E-state index is 11.7. The van der Waals surface area contributed by atoms with Crippen molar-refractivity contribution in [1.82, 2.24) is 10.6 Å². The van der Waals surface area contributed by atoms with E-state index in [1.807, 2.05) is 0 Å². The topological polar surface area (TPSA) is 70.6 Å². The SMILES string of the molecule is CC1CNCC1C(=O)NCCCOCCO. The zero-order valence-corrected chi connectivity index (χ0v) is 9.87. The molecule has 0 radical (unpaired) electrons. The second-order valence-electron chi connectivity index (χ2n) is 4.22. The van der Waals surface area contributed by atoms with Gasteiger partial charge in [0.25, 0.3) is 0 Å². The molecule has 1 fully saturated rings. The number of carbonyl (C=O) groups is 1. The van der Waals surface area contributed by atoms with E-state index in [0.29, 0.717) is 25.7 Å². The van der Waals surface area contributed by atoms with Gasteiger partial charge in [0.2, 0.25) is 5.91 Å². The summed E-state index contributed by atoms with van der Waals surface area (Å²) < 4.78 is 5.10. The number of hydrogen-bond acceptors (Lipinski definition) is 4. The molecule has 16 heavy (non-hydrogen) atoms. The summed E-state index contributed by atoms with van der Waals surface area (Å²) in [6.45, 7) is 5.46. The maximum atomic E-state index is 11.7. The molecule has 2 atom stereocenters. The molecule has 0 aromatic heterocycles. The normalized spacial score (nSPS) is 24.6. The van der Waals surface area contributed by atoms with Crippen LogP contribution in [0.2, 0.25) is 0 Å². The summed E-state index contributed by atoms with van der Waals surface area (Å²) in [5.74, 6) is 0.670. The summed E-state index contributed by atoms with van der Waals surface area (Å²) in [4.78, 5) is 11.7. The molecule has 1 heterocycles. The van der Waals surface area contributed by atoms with Crippen LogP contribution in [-0.4, -0.2) is 50.5 Å². The van der Waals surface area contributed by atoms with Crippen LogP contribution in [0.1, 0.15) is 13.3 Å². The van der Waals surface area contributed by atoms with Crippen molar-refractivity contribution in [3.63, 3.8) is 0 Å². The van der Waals surface area contributed by atoms with Crippen LogP contribution in [0.4, 0.5) is 0 Å². The molecular weight excluding hydrogens is 208 g/mol. The molecule has 0 aromatic rings. The van der Waals surface area contributed by atoms with Crippen molar-refractivity contribution in [2.75, 3.05) is 39.5 Å². The van der Waals surface area contributed by atoms with E-state index in [1.165, 1.54) is 0 Å². The first-order valence-corrected chi connectivity index (χ1v) is 5.92. The van der Waals surface area contributed by atoms with Crippen LogP contribution >= 0.6 is 0 Å². The summed E-state index contributed by atoms with van der Waals surface area (Å²) in [5.41, 5.74) is 0. The number of rotatable bonds is 7. The highest BCUT2D eigenvalue weighted by atomic mass is 16.5. The lowest BCUT2D eigenvalue weighted by atomic mass is 9.97. The van der Waals surface area contributed by atoms with Crippen molar-refractivity contribution in [2.45, 2.75) is 13.3 Å². The molecule has 3 N–H and O–H groups in total. The highest BCUT2D eigenvalue weighted by molar-refractivity contribution is 5.79. The zero-order valence-electron chi connectivity index (χ0n) is 9.87. The van der Waals surface area contributed by atoms with Gasteiger partial charge in [-0.2, -0.15) is 0 Å². The van der Waals surface area contributed by atoms with Gasteiger partial charge < -0.3 is 20.5 Å². The summed E-state index contributed by atoms with van der Waals surface area (Å²) in [5, 5.41) is 14.6. The molecule has 1 saturated heterocycles. The molecule has 1 aliphatic rings. The molecule has 1 rings (SSSR count). The van der Waals surface area contributed by atoms with Crippen LogP contribution in [0, 0.1) is 11.8 Å². The van der Waals surface area contributed by atoms with Crippen molar-refractivity contribution in [3.8, 4) is 0 Å². The van der Waals surface area contributed by atoms with E-state index < -0.39 is 0 Å². The molecular formula is C11H22N2O3. The van der Waals surface area contributed by atoms with E-state index in [9.17, 15) is 4.79 Å². The van der Waals surface area contributed by atoms with Crippen LogP contribution in [0.25, 0.3) is 0 Å². The number of ether oxygens (including phenoxy) is 1. The summed E-state index contributed by atoms with van der Waals surface area (Å²) >= 11 is 0. The van der Waals surface area contributed by atoms with Gasteiger partial charge in [-0.15, -0.1) is 0 Å². The highest BCUT2D eigenvalue weighted by Crippen LogP contribution is 2.15. The Morgan fingerprint density at radius 2 is 2.31 bits per heavy atom. The van der Waals surface area contributed by atoms with Crippen LogP contribution < -0.4 is 10.6 Å². The van der Waals surface area contributed by atoms with E-state index in [2.05, 4.69) is 17.6 Å². The fourth-order valence-corrected chi connectivity index (χ4v) is 1.84. The molecule has 2 unspecified atom stereocenters. The molecule has 5 nitrogen and oxygen atoms in total. The number of aliphatic hydroxyl groups is 1. The largest absolute Gasteiger partial charge is 0.394 e. The van der Waals surface area contributed by atoms with Crippen molar-refractivity contribution < 1.29 is 14.6 Å². The number of nitrogens with one attached hydrogen (secondary N) is 2. The van der Waals surface area contributed by atoms with Crippen molar-refractivity contribution in [2.24, 2.45) is 11.8 Å². The van der Waals surface area contributed by atoms with Gasteiger partial charge in [-0.1, -0.05) is 6.92 Å². The minimum absolute atomic E-state index is 0.0532. The first-order chi connectivity index (χ1) is 7.75. The Balaban J connectivity index is 2.02. The van der Waals surface area contributed by atoms with Crippen LogP contribution in [-0.2, 0) is 9.53 Å². The molecule has 0 saturated carbocycles.